The molecule has 0 fully saturated rings. The van der Waals surface area contributed by atoms with Crippen LogP contribution in [-0.4, -0.2) is 31.1 Å². The third-order valence-corrected chi connectivity index (χ3v) is 4.25. The van der Waals surface area contributed by atoms with E-state index in [0.717, 1.165) is 24.1 Å². The fourth-order valence-electron chi connectivity index (χ4n) is 2.37. The summed E-state index contributed by atoms with van der Waals surface area (Å²) in [4.78, 5) is 2.40. The smallest absolute Gasteiger partial charge is 0.0230 e. The first-order valence-corrected chi connectivity index (χ1v) is 7.81. The summed E-state index contributed by atoms with van der Waals surface area (Å²) >= 11 is 3.47. The molecule has 3 heteroatoms. The van der Waals surface area contributed by atoms with Crippen LogP contribution in [0.1, 0.15) is 33.3 Å². The van der Waals surface area contributed by atoms with Gasteiger partial charge in [0.15, 0.2) is 0 Å². The quantitative estimate of drug-likeness (QED) is 0.817. The lowest BCUT2D eigenvalue weighted by Gasteiger charge is -2.36. The normalized spacial score (nSPS) is 13.8. The Labute approximate surface area is 126 Å². The standard InChI is InChI=1S/C16H27BrN2/c1-6-18-13(2)16(3,4)12-19(5)11-14-7-9-15(17)10-8-14/h7-10,13,18H,6,11-12H2,1-5H3. The Morgan fingerprint density at radius 2 is 1.84 bits per heavy atom. The van der Waals surface area contributed by atoms with Crippen molar-refractivity contribution >= 4 is 15.9 Å². The van der Waals surface area contributed by atoms with Crippen molar-refractivity contribution in [1.29, 1.82) is 0 Å². The molecule has 0 aliphatic heterocycles. The zero-order valence-corrected chi connectivity index (χ0v) is 14.4. The number of halogens is 1. The summed E-state index contributed by atoms with van der Waals surface area (Å²) in [5, 5.41) is 3.53. The van der Waals surface area contributed by atoms with Crippen molar-refractivity contribution in [2.75, 3.05) is 20.1 Å². The minimum atomic E-state index is 0.264. The summed E-state index contributed by atoms with van der Waals surface area (Å²) in [5.41, 5.74) is 1.62. The molecular weight excluding hydrogens is 300 g/mol. The Morgan fingerprint density at radius 1 is 1.26 bits per heavy atom. The monoisotopic (exact) mass is 326 g/mol. The molecule has 1 rings (SSSR count). The maximum absolute atomic E-state index is 3.53. The van der Waals surface area contributed by atoms with Crippen LogP contribution in [0.2, 0.25) is 0 Å². The lowest BCUT2D eigenvalue weighted by molar-refractivity contribution is 0.161. The van der Waals surface area contributed by atoms with Gasteiger partial charge in [-0.3, -0.25) is 0 Å². The van der Waals surface area contributed by atoms with Crippen molar-refractivity contribution in [3.8, 4) is 0 Å². The largest absolute Gasteiger partial charge is 0.314 e. The molecule has 1 N–H and O–H groups in total. The van der Waals surface area contributed by atoms with Gasteiger partial charge in [0.05, 0.1) is 0 Å². The highest BCUT2D eigenvalue weighted by Gasteiger charge is 2.26. The van der Waals surface area contributed by atoms with Crippen molar-refractivity contribution < 1.29 is 0 Å². The number of hydrogen-bond acceptors (Lipinski definition) is 2. The highest BCUT2D eigenvalue weighted by atomic mass is 79.9. The van der Waals surface area contributed by atoms with Crippen LogP contribution in [0.4, 0.5) is 0 Å². The van der Waals surface area contributed by atoms with Gasteiger partial charge in [-0.1, -0.05) is 48.8 Å². The van der Waals surface area contributed by atoms with Gasteiger partial charge in [0.25, 0.3) is 0 Å². The molecule has 19 heavy (non-hydrogen) atoms. The first-order valence-electron chi connectivity index (χ1n) is 7.01. The van der Waals surface area contributed by atoms with Crippen molar-refractivity contribution in [1.82, 2.24) is 10.2 Å². The van der Waals surface area contributed by atoms with E-state index in [0.29, 0.717) is 6.04 Å². The highest BCUT2D eigenvalue weighted by Crippen LogP contribution is 2.22. The van der Waals surface area contributed by atoms with E-state index in [2.05, 4.69) is 85.2 Å². The highest BCUT2D eigenvalue weighted by molar-refractivity contribution is 9.10. The Hall–Kier alpha value is -0.380. The average molecular weight is 327 g/mol. The van der Waals surface area contributed by atoms with Gasteiger partial charge in [-0.05, 0) is 43.6 Å². The predicted octanol–water partition coefficient (Wildman–Crippen LogP) is 3.91. The minimum Gasteiger partial charge on any atom is -0.314 e. The van der Waals surface area contributed by atoms with Crippen molar-refractivity contribution in [3.63, 3.8) is 0 Å². The molecule has 0 saturated heterocycles. The second-order valence-electron chi connectivity index (χ2n) is 6.07. The topological polar surface area (TPSA) is 15.3 Å². The van der Waals surface area contributed by atoms with Crippen LogP contribution in [0.25, 0.3) is 0 Å². The maximum Gasteiger partial charge on any atom is 0.0230 e. The number of hydrogen-bond donors (Lipinski definition) is 1. The van der Waals surface area contributed by atoms with E-state index in [4.69, 9.17) is 0 Å². The van der Waals surface area contributed by atoms with Crippen LogP contribution in [0.3, 0.4) is 0 Å². The average Bonchev–Trinajstić information content (AvgIpc) is 2.31. The van der Waals surface area contributed by atoms with Gasteiger partial charge < -0.3 is 10.2 Å². The Balaban J connectivity index is 2.54. The summed E-state index contributed by atoms with van der Waals surface area (Å²) in [6.45, 7) is 12.2. The van der Waals surface area contributed by atoms with Crippen molar-refractivity contribution in [3.05, 3.63) is 34.3 Å². The molecule has 1 atom stereocenters. The SMILES string of the molecule is CCNC(C)C(C)(C)CN(C)Cc1ccc(Br)cc1. The van der Waals surface area contributed by atoms with E-state index in [9.17, 15) is 0 Å². The van der Waals surface area contributed by atoms with Crippen molar-refractivity contribution in [2.24, 2.45) is 5.41 Å². The number of nitrogens with one attached hydrogen (secondary N) is 1. The number of nitrogens with zero attached hydrogens (tertiary/aromatic N) is 1. The van der Waals surface area contributed by atoms with Gasteiger partial charge >= 0.3 is 0 Å². The molecule has 0 spiro atoms. The van der Waals surface area contributed by atoms with Gasteiger partial charge in [0.2, 0.25) is 0 Å². The van der Waals surface area contributed by atoms with Gasteiger partial charge in [-0.2, -0.15) is 0 Å². The third kappa shape index (κ3) is 5.64. The van der Waals surface area contributed by atoms with Gasteiger partial charge in [-0.25, -0.2) is 0 Å². The molecule has 1 aromatic rings. The van der Waals surface area contributed by atoms with Crippen molar-refractivity contribution in [2.45, 2.75) is 40.3 Å². The fourth-order valence-corrected chi connectivity index (χ4v) is 2.64. The molecule has 0 bridgehead atoms. The minimum absolute atomic E-state index is 0.264. The van der Waals surface area contributed by atoms with Crippen LogP contribution in [0.15, 0.2) is 28.7 Å². The lowest BCUT2D eigenvalue weighted by atomic mass is 9.84. The molecular formula is C16H27BrN2. The summed E-state index contributed by atoms with van der Waals surface area (Å²) in [6.07, 6.45) is 0. The molecule has 1 unspecified atom stereocenters. The first-order chi connectivity index (χ1) is 8.85. The molecule has 0 saturated carbocycles. The maximum atomic E-state index is 3.53. The molecule has 0 aliphatic carbocycles. The molecule has 0 aromatic heterocycles. The predicted molar refractivity (Wildman–Crippen MR) is 87.4 cm³/mol. The number of rotatable bonds is 7. The van der Waals surface area contributed by atoms with E-state index in [1.54, 1.807) is 0 Å². The Kier molecular flexibility index (Phi) is 6.51. The Bertz CT molecular complexity index is 373. The van der Waals surface area contributed by atoms with Crippen LogP contribution >= 0.6 is 15.9 Å². The lowest BCUT2D eigenvalue weighted by Crippen LogP contribution is -2.45. The summed E-state index contributed by atoms with van der Waals surface area (Å²) in [6, 6.07) is 9.10. The summed E-state index contributed by atoms with van der Waals surface area (Å²) in [5.74, 6) is 0. The van der Waals surface area contributed by atoms with E-state index in [1.165, 1.54) is 5.56 Å². The van der Waals surface area contributed by atoms with Gasteiger partial charge in [-0.15, -0.1) is 0 Å². The van der Waals surface area contributed by atoms with E-state index >= 15 is 0 Å². The molecule has 0 radical (unpaired) electrons. The molecule has 0 aliphatic rings. The second-order valence-corrected chi connectivity index (χ2v) is 6.98. The Morgan fingerprint density at radius 3 is 2.37 bits per heavy atom. The molecule has 0 amide bonds. The van der Waals surface area contributed by atoms with Gasteiger partial charge in [0, 0.05) is 23.6 Å². The molecule has 1 aromatic carbocycles. The molecule has 0 heterocycles. The van der Waals surface area contributed by atoms with Crippen LogP contribution in [0, 0.1) is 5.41 Å². The molecule has 108 valence electrons. The fraction of sp³-hybridized carbons (Fsp3) is 0.625. The summed E-state index contributed by atoms with van der Waals surface area (Å²) < 4.78 is 1.14. The van der Waals surface area contributed by atoms with E-state index < -0.39 is 0 Å². The first kappa shape index (κ1) is 16.7. The van der Waals surface area contributed by atoms with Crippen LogP contribution in [-0.2, 0) is 6.54 Å². The number of benzene rings is 1. The zero-order chi connectivity index (χ0) is 14.5. The summed E-state index contributed by atoms with van der Waals surface area (Å²) in [7, 11) is 2.20. The second kappa shape index (κ2) is 7.41. The van der Waals surface area contributed by atoms with Gasteiger partial charge in [0.1, 0.15) is 0 Å². The molecule has 2 nitrogen and oxygen atoms in total. The van der Waals surface area contributed by atoms with E-state index in [-0.39, 0.29) is 5.41 Å². The van der Waals surface area contributed by atoms with Crippen LogP contribution in [0.5, 0.6) is 0 Å². The zero-order valence-electron chi connectivity index (χ0n) is 12.8. The van der Waals surface area contributed by atoms with Crippen LogP contribution < -0.4 is 5.32 Å². The third-order valence-electron chi connectivity index (χ3n) is 3.73. The van der Waals surface area contributed by atoms with E-state index in [1.807, 2.05) is 0 Å².